The molecule has 2 N–H and O–H groups in total. The Morgan fingerprint density at radius 3 is 3.00 bits per heavy atom. The molecular weight excluding hydrogens is 258 g/mol. The Kier molecular flexibility index (Phi) is 2.93. The van der Waals surface area contributed by atoms with Crippen molar-refractivity contribution in [3.05, 3.63) is 28.7 Å². The molecule has 2 aromatic heterocycles. The lowest BCUT2D eigenvalue weighted by Crippen LogP contribution is -2.07. The fourth-order valence-electron chi connectivity index (χ4n) is 1.53. The third-order valence-electron chi connectivity index (χ3n) is 2.29. The van der Waals surface area contributed by atoms with Crippen LogP contribution >= 0.6 is 15.9 Å². The number of furan rings is 1. The molecule has 0 saturated heterocycles. The molecule has 0 aliphatic rings. The lowest BCUT2D eigenvalue weighted by Gasteiger charge is -2.02. The molecule has 80 valence electrons. The molecule has 2 rings (SSSR count). The van der Waals surface area contributed by atoms with Crippen LogP contribution in [-0.2, 0) is 13.5 Å². The smallest absolute Gasteiger partial charge is 0.177 e. The highest BCUT2D eigenvalue weighted by Crippen LogP contribution is 2.25. The van der Waals surface area contributed by atoms with E-state index in [1.165, 1.54) is 0 Å². The molecule has 0 aliphatic carbocycles. The lowest BCUT2D eigenvalue weighted by atomic mass is 10.3. The van der Waals surface area contributed by atoms with Gasteiger partial charge < -0.3 is 14.7 Å². The Morgan fingerprint density at radius 1 is 1.60 bits per heavy atom. The first-order valence-corrected chi connectivity index (χ1v) is 5.48. The van der Waals surface area contributed by atoms with Crippen LogP contribution in [0.4, 0.5) is 0 Å². The fourth-order valence-corrected chi connectivity index (χ4v) is 2.16. The Labute approximate surface area is 96.2 Å². The van der Waals surface area contributed by atoms with Gasteiger partial charge in [-0.15, -0.1) is 0 Å². The summed E-state index contributed by atoms with van der Waals surface area (Å²) in [4.78, 5) is 4.40. The summed E-state index contributed by atoms with van der Waals surface area (Å²) in [5.74, 6) is 1.58. The predicted octanol–water partition coefficient (Wildman–Crippen LogP) is 1.94. The molecule has 0 spiro atoms. The molecule has 0 bridgehead atoms. The van der Waals surface area contributed by atoms with Gasteiger partial charge in [-0.05, 0) is 34.6 Å². The average Bonchev–Trinajstić information content (AvgIpc) is 2.81. The van der Waals surface area contributed by atoms with Gasteiger partial charge in [0.15, 0.2) is 11.6 Å². The number of halogens is 1. The summed E-state index contributed by atoms with van der Waals surface area (Å²) in [7, 11) is 1.96. The minimum Gasteiger partial charge on any atom is -0.461 e. The van der Waals surface area contributed by atoms with Crippen molar-refractivity contribution in [1.82, 2.24) is 9.55 Å². The van der Waals surface area contributed by atoms with Gasteiger partial charge in [0, 0.05) is 13.5 Å². The van der Waals surface area contributed by atoms with Gasteiger partial charge in [0.25, 0.3) is 0 Å². The molecule has 0 saturated carbocycles. The van der Waals surface area contributed by atoms with Gasteiger partial charge in [0.05, 0.1) is 12.0 Å². The van der Waals surface area contributed by atoms with E-state index in [4.69, 9.17) is 10.2 Å². The summed E-state index contributed by atoms with van der Waals surface area (Å²) in [6.45, 7) is 0.607. The van der Waals surface area contributed by atoms with Crippen molar-refractivity contribution >= 4 is 15.9 Å². The number of aromatic nitrogens is 2. The maximum absolute atomic E-state index is 5.54. The Bertz CT molecular complexity index is 447. The van der Waals surface area contributed by atoms with Crippen LogP contribution in [0.25, 0.3) is 11.6 Å². The zero-order chi connectivity index (χ0) is 10.8. The molecule has 2 aromatic rings. The summed E-state index contributed by atoms with van der Waals surface area (Å²) < 4.78 is 8.14. The zero-order valence-electron chi connectivity index (χ0n) is 8.40. The van der Waals surface area contributed by atoms with E-state index in [9.17, 15) is 0 Å². The fraction of sp³-hybridized carbons (Fsp3) is 0.300. The van der Waals surface area contributed by atoms with Crippen molar-refractivity contribution in [1.29, 1.82) is 0 Å². The van der Waals surface area contributed by atoms with Crippen molar-refractivity contribution in [2.45, 2.75) is 6.42 Å². The molecule has 0 fully saturated rings. The van der Waals surface area contributed by atoms with Gasteiger partial charge >= 0.3 is 0 Å². The number of hydrogen-bond acceptors (Lipinski definition) is 3. The van der Waals surface area contributed by atoms with Crippen LogP contribution < -0.4 is 5.73 Å². The Hall–Kier alpha value is -1.07. The number of nitrogens with two attached hydrogens (primary N) is 1. The van der Waals surface area contributed by atoms with Gasteiger partial charge in [0.2, 0.25) is 0 Å². The summed E-state index contributed by atoms with van der Waals surface area (Å²) in [5, 5.41) is 0. The quantitative estimate of drug-likeness (QED) is 0.927. The molecule has 4 nitrogen and oxygen atoms in total. The van der Waals surface area contributed by atoms with E-state index in [1.54, 1.807) is 6.26 Å². The third kappa shape index (κ3) is 1.85. The highest BCUT2D eigenvalue weighted by molar-refractivity contribution is 9.10. The number of hydrogen-bond donors (Lipinski definition) is 1. The second-order valence-electron chi connectivity index (χ2n) is 3.25. The minimum atomic E-state index is 0.607. The summed E-state index contributed by atoms with van der Waals surface area (Å²) in [6, 6.07) is 3.74. The van der Waals surface area contributed by atoms with Crippen LogP contribution in [0.2, 0.25) is 0 Å². The Morgan fingerprint density at radius 2 is 2.40 bits per heavy atom. The average molecular weight is 270 g/mol. The van der Waals surface area contributed by atoms with Gasteiger partial charge in [-0.2, -0.15) is 0 Å². The number of nitrogens with zero attached hydrogens (tertiary/aromatic N) is 2. The van der Waals surface area contributed by atoms with Gasteiger partial charge in [-0.1, -0.05) is 0 Å². The SMILES string of the molecule is Cn1c(-c2ccco2)nc(Br)c1CCN. The van der Waals surface area contributed by atoms with E-state index in [0.717, 1.165) is 28.3 Å². The standard InChI is InChI=1S/C10H12BrN3O/c1-14-7(4-5-12)9(11)13-10(14)8-3-2-6-15-8/h2-3,6H,4-5,12H2,1H3. The Balaban J connectivity index is 2.46. The first kappa shape index (κ1) is 10.4. The molecule has 0 amide bonds. The number of rotatable bonds is 3. The van der Waals surface area contributed by atoms with Gasteiger partial charge in [-0.25, -0.2) is 4.98 Å². The first-order chi connectivity index (χ1) is 7.24. The summed E-state index contributed by atoms with van der Waals surface area (Å²) >= 11 is 3.43. The van der Waals surface area contributed by atoms with Crippen molar-refractivity contribution in [3.8, 4) is 11.6 Å². The van der Waals surface area contributed by atoms with E-state index in [0.29, 0.717) is 6.54 Å². The number of imidazole rings is 1. The summed E-state index contributed by atoms with van der Waals surface area (Å²) in [6.07, 6.45) is 2.44. The highest BCUT2D eigenvalue weighted by Gasteiger charge is 2.14. The van der Waals surface area contributed by atoms with Crippen LogP contribution in [-0.4, -0.2) is 16.1 Å². The lowest BCUT2D eigenvalue weighted by molar-refractivity contribution is 0.573. The van der Waals surface area contributed by atoms with Gasteiger partial charge in [0.1, 0.15) is 4.60 Å². The van der Waals surface area contributed by atoms with Crippen molar-refractivity contribution in [3.63, 3.8) is 0 Å². The second kappa shape index (κ2) is 4.20. The first-order valence-electron chi connectivity index (χ1n) is 4.69. The van der Waals surface area contributed by atoms with Crippen LogP contribution in [0.1, 0.15) is 5.69 Å². The van der Waals surface area contributed by atoms with Gasteiger partial charge in [-0.3, -0.25) is 0 Å². The zero-order valence-corrected chi connectivity index (χ0v) is 9.99. The van der Waals surface area contributed by atoms with E-state index in [-0.39, 0.29) is 0 Å². The van der Waals surface area contributed by atoms with E-state index < -0.39 is 0 Å². The molecular formula is C10H12BrN3O. The van der Waals surface area contributed by atoms with Crippen LogP contribution in [0.3, 0.4) is 0 Å². The van der Waals surface area contributed by atoms with Crippen LogP contribution in [0.5, 0.6) is 0 Å². The van der Waals surface area contributed by atoms with Crippen LogP contribution in [0.15, 0.2) is 27.4 Å². The molecule has 0 radical (unpaired) electrons. The topological polar surface area (TPSA) is 57.0 Å². The molecule has 2 heterocycles. The van der Waals surface area contributed by atoms with E-state index in [2.05, 4.69) is 20.9 Å². The maximum atomic E-state index is 5.54. The minimum absolute atomic E-state index is 0.607. The van der Waals surface area contributed by atoms with E-state index in [1.807, 2.05) is 23.7 Å². The molecule has 0 aliphatic heterocycles. The predicted molar refractivity (Wildman–Crippen MR) is 61.4 cm³/mol. The molecule has 0 atom stereocenters. The highest BCUT2D eigenvalue weighted by atomic mass is 79.9. The molecule has 0 aromatic carbocycles. The second-order valence-corrected chi connectivity index (χ2v) is 4.00. The maximum Gasteiger partial charge on any atom is 0.177 e. The third-order valence-corrected chi connectivity index (χ3v) is 2.92. The molecule has 0 unspecified atom stereocenters. The monoisotopic (exact) mass is 269 g/mol. The normalized spacial score (nSPS) is 10.9. The van der Waals surface area contributed by atoms with E-state index >= 15 is 0 Å². The largest absolute Gasteiger partial charge is 0.461 e. The van der Waals surface area contributed by atoms with Crippen molar-refractivity contribution in [2.24, 2.45) is 12.8 Å². The summed E-state index contributed by atoms with van der Waals surface area (Å²) in [5.41, 5.74) is 6.63. The molecule has 5 heteroatoms. The van der Waals surface area contributed by atoms with Crippen molar-refractivity contribution in [2.75, 3.05) is 6.54 Å². The van der Waals surface area contributed by atoms with Crippen molar-refractivity contribution < 1.29 is 4.42 Å². The van der Waals surface area contributed by atoms with Crippen LogP contribution in [0, 0.1) is 0 Å². The molecule has 15 heavy (non-hydrogen) atoms.